The molecule has 0 radical (unpaired) electrons. The zero-order valence-electron chi connectivity index (χ0n) is 12.7. The van der Waals surface area contributed by atoms with Crippen LogP contribution >= 0.6 is 0 Å². The van der Waals surface area contributed by atoms with Gasteiger partial charge in [0.25, 0.3) is 0 Å². The van der Waals surface area contributed by atoms with Crippen LogP contribution in [0.25, 0.3) is 0 Å². The van der Waals surface area contributed by atoms with Crippen molar-refractivity contribution >= 4 is 13.1 Å². The van der Waals surface area contributed by atoms with E-state index in [1.807, 2.05) is 18.2 Å². The molecule has 120 valence electrons. The zero-order chi connectivity index (χ0) is 16.3. The minimum absolute atomic E-state index is 0.142. The molecule has 1 aliphatic carbocycles. The first-order valence-electron chi connectivity index (χ1n) is 7.57. The van der Waals surface area contributed by atoms with Crippen LogP contribution in [0.3, 0.4) is 0 Å². The minimum Gasteiger partial charge on any atom is -0.480 e. The lowest BCUT2D eigenvalue weighted by Gasteiger charge is -2.32. The highest BCUT2D eigenvalue weighted by Gasteiger charge is 2.51. The number of hydrogen-bond acceptors (Lipinski definition) is 5. The summed E-state index contributed by atoms with van der Waals surface area (Å²) < 4.78 is 0. The predicted octanol–water partition coefficient (Wildman–Crippen LogP) is 0.0699. The first-order chi connectivity index (χ1) is 10.5. The lowest BCUT2D eigenvalue weighted by atomic mass is 9.77. The van der Waals surface area contributed by atoms with E-state index in [1.54, 1.807) is 7.05 Å². The molecule has 0 fully saturated rings. The average Bonchev–Trinajstić information content (AvgIpc) is 2.81. The number of carboxylic acids is 1. The van der Waals surface area contributed by atoms with Crippen molar-refractivity contribution in [2.75, 3.05) is 7.05 Å². The van der Waals surface area contributed by atoms with Crippen LogP contribution in [0, 0.1) is 5.92 Å². The number of nitrogens with two attached hydrogens (primary N) is 1. The summed E-state index contributed by atoms with van der Waals surface area (Å²) in [6.07, 6.45) is 2.04. The molecule has 7 heteroatoms. The van der Waals surface area contributed by atoms with Crippen LogP contribution in [0.2, 0.25) is 6.32 Å². The monoisotopic (exact) mass is 306 g/mol. The molecule has 0 bridgehead atoms. The van der Waals surface area contributed by atoms with Crippen molar-refractivity contribution in [1.82, 2.24) is 5.32 Å². The Morgan fingerprint density at radius 1 is 1.50 bits per heavy atom. The number of carbonyl (C=O) groups is 1. The maximum absolute atomic E-state index is 12.0. The summed E-state index contributed by atoms with van der Waals surface area (Å²) in [5.41, 5.74) is 7.41. The Hall–Kier alpha value is -1.41. The van der Waals surface area contributed by atoms with Crippen LogP contribution < -0.4 is 11.1 Å². The molecule has 0 saturated heterocycles. The Morgan fingerprint density at radius 3 is 2.77 bits per heavy atom. The summed E-state index contributed by atoms with van der Waals surface area (Å²) in [4.78, 5) is 12.0. The molecule has 0 unspecified atom stereocenters. The van der Waals surface area contributed by atoms with E-state index >= 15 is 0 Å². The number of likely N-dealkylation sites (N-methyl/N-ethyl adjacent to an activating group) is 1. The van der Waals surface area contributed by atoms with Gasteiger partial charge in [0.15, 0.2) is 0 Å². The Kier molecular flexibility index (Phi) is 5.23. The Balaban J connectivity index is 2.37. The summed E-state index contributed by atoms with van der Waals surface area (Å²) in [6, 6.07) is 5.62. The van der Waals surface area contributed by atoms with Crippen LogP contribution in [-0.4, -0.2) is 35.3 Å². The maximum Gasteiger partial charge on any atom is 0.451 e. The molecule has 0 aromatic heterocycles. The summed E-state index contributed by atoms with van der Waals surface area (Å²) in [5, 5.41) is 30.8. The van der Waals surface area contributed by atoms with Crippen molar-refractivity contribution in [3.8, 4) is 0 Å². The summed E-state index contributed by atoms with van der Waals surface area (Å²) in [5.74, 6) is -1.05. The average molecular weight is 306 g/mol. The fraction of sp³-hybridized carbons (Fsp3) is 0.533. The number of rotatable bonds is 7. The van der Waals surface area contributed by atoms with Gasteiger partial charge in [0, 0.05) is 6.54 Å². The molecule has 0 aliphatic heterocycles. The number of fused-ring (bicyclic) bond motifs is 1. The molecular formula is C15H23BN2O4. The van der Waals surface area contributed by atoms with Gasteiger partial charge in [-0.05, 0) is 48.8 Å². The van der Waals surface area contributed by atoms with E-state index < -0.39 is 18.6 Å². The fourth-order valence-corrected chi connectivity index (χ4v) is 3.66. The molecule has 6 nitrogen and oxygen atoms in total. The number of benzene rings is 1. The van der Waals surface area contributed by atoms with E-state index in [1.165, 1.54) is 0 Å². The second-order valence-corrected chi connectivity index (χ2v) is 5.82. The molecule has 0 saturated carbocycles. The molecule has 22 heavy (non-hydrogen) atoms. The Labute approximate surface area is 130 Å². The number of hydrogen-bond donors (Lipinski definition) is 5. The fourth-order valence-electron chi connectivity index (χ4n) is 3.66. The van der Waals surface area contributed by atoms with Crippen molar-refractivity contribution in [3.63, 3.8) is 0 Å². The van der Waals surface area contributed by atoms with Gasteiger partial charge in [0.05, 0.1) is 0 Å². The zero-order valence-corrected chi connectivity index (χ0v) is 12.7. The third-order valence-electron chi connectivity index (χ3n) is 4.73. The largest absolute Gasteiger partial charge is 0.480 e. The van der Waals surface area contributed by atoms with Gasteiger partial charge in [-0.3, -0.25) is 0 Å². The van der Waals surface area contributed by atoms with Gasteiger partial charge in [0.1, 0.15) is 5.54 Å². The van der Waals surface area contributed by atoms with Gasteiger partial charge in [0.2, 0.25) is 0 Å². The van der Waals surface area contributed by atoms with Crippen molar-refractivity contribution < 1.29 is 19.9 Å². The molecule has 1 aliphatic rings. The molecule has 0 amide bonds. The highest BCUT2D eigenvalue weighted by molar-refractivity contribution is 6.40. The minimum atomic E-state index is -1.35. The Bertz CT molecular complexity index is 552. The van der Waals surface area contributed by atoms with E-state index in [2.05, 4.69) is 5.32 Å². The van der Waals surface area contributed by atoms with Crippen molar-refractivity contribution in [2.24, 2.45) is 11.7 Å². The van der Waals surface area contributed by atoms with E-state index in [-0.39, 0.29) is 12.2 Å². The van der Waals surface area contributed by atoms with Gasteiger partial charge < -0.3 is 26.2 Å². The van der Waals surface area contributed by atoms with E-state index in [0.29, 0.717) is 25.8 Å². The third-order valence-corrected chi connectivity index (χ3v) is 4.73. The van der Waals surface area contributed by atoms with E-state index in [0.717, 1.165) is 16.7 Å². The van der Waals surface area contributed by atoms with Gasteiger partial charge in [-0.15, -0.1) is 0 Å². The first kappa shape index (κ1) is 17.0. The van der Waals surface area contributed by atoms with Gasteiger partial charge in [-0.2, -0.15) is 0 Å². The quantitative estimate of drug-likeness (QED) is 0.455. The molecule has 0 heterocycles. The maximum atomic E-state index is 12.0. The summed E-state index contributed by atoms with van der Waals surface area (Å²) >= 11 is 0. The third kappa shape index (κ3) is 2.77. The smallest absolute Gasteiger partial charge is 0.451 e. The lowest BCUT2D eigenvalue weighted by molar-refractivity contribution is -0.147. The second-order valence-electron chi connectivity index (χ2n) is 5.82. The highest BCUT2D eigenvalue weighted by atomic mass is 16.4. The van der Waals surface area contributed by atoms with Crippen LogP contribution in [0.5, 0.6) is 0 Å². The Morgan fingerprint density at radius 2 is 2.23 bits per heavy atom. The SMILES string of the molecule is CN[C@@]1(C(=O)O)c2cccc(CN)c2C[C@@H]1CCCB(O)O. The van der Waals surface area contributed by atoms with E-state index in [9.17, 15) is 9.90 Å². The van der Waals surface area contributed by atoms with Gasteiger partial charge in [-0.1, -0.05) is 24.6 Å². The van der Waals surface area contributed by atoms with Crippen LogP contribution in [0.15, 0.2) is 18.2 Å². The molecule has 1 aromatic rings. The van der Waals surface area contributed by atoms with Gasteiger partial charge in [-0.25, -0.2) is 4.79 Å². The normalized spacial score (nSPS) is 23.4. The molecular weight excluding hydrogens is 283 g/mol. The van der Waals surface area contributed by atoms with Crippen molar-refractivity contribution in [3.05, 3.63) is 34.9 Å². The molecule has 6 N–H and O–H groups in total. The highest BCUT2D eigenvalue weighted by Crippen LogP contribution is 2.45. The van der Waals surface area contributed by atoms with Crippen LogP contribution in [0.1, 0.15) is 29.5 Å². The summed E-state index contributed by atoms with van der Waals surface area (Å²) in [6.45, 7) is 0.380. The number of carboxylic acid groups (broad SMARTS) is 1. The van der Waals surface area contributed by atoms with E-state index in [4.69, 9.17) is 15.8 Å². The lowest BCUT2D eigenvalue weighted by Crippen LogP contribution is -2.51. The first-order valence-corrected chi connectivity index (χ1v) is 7.57. The van der Waals surface area contributed by atoms with Crippen LogP contribution in [-0.2, 0) is 23.3 Å². The molecule has 1 aromatic carbocycles. The number of aliphatic carboxylic acids is 1. The van der Waals surface area contributed by atoms with Crippen molar-refractivity contribution in [1.29, 1.82) is 0 Å². The summed E-state index contributed by atoms with van der Waals surface area (Å²) in [7, 11) is 0.309. The van der Waals surface area contributed by atoms with Crippen LogP contribution in [0.4, 0.5) is 0 Å². The van der Waals surface area contributed by atoms with Crippen molar-refractivity contribution in [2.45, 2.75) is 37.7 Å². The second kappa shape index (κ2) is 6.79. The van der Waals surface area contributed by atoms with Gasteiger partial charge >= 0.3 is 13.1 Å². The molecule has 2 atom stereocenters. The topological polar surface area (TPSA) is 116 Å². The number of nitrogens with one attached hydrogen (secondary N) is 1. The standard InChI is InChI=1S/C15H23BN2O4/c1-18-15(14(19)20)11(5-3-7-16(21)22)8-12-10(9-17)4-2-6-13(12)15/h2,4,6,11,18,21-22H,3,5,7-9,17H2,1H3,(H,19,20)/t11-,15+/m0/s1. The molecule has 0 spiro atoms. The predicted molar refractivity (Wildman–Crippen MR) is 84.1 cm³/mol. The molecule has 2 rings (SSSR count).